The van der Waals surface area contributed by atoms with Gasteiger partial charge in [0.25, 0.3) is 11.7 Å². The fourth-order valence-electron chi connectivity index (χ4n) is 2.60. The van der Waals surface area contributed by atoms with Crippen molar-refractivity contribution in [3.8, 4) is 17.3 Å². The van der Waals surface area contributed by atoms with E-state index in [4.69, 9.17) is 0 Å². The molecule has 1 aromatic heterocycles. The first kappa shape index (κ1) is 14.1. The summed E-state index contributed by atoms with van der Waals surface area (Å²) in [5.41, 5.74) is 1.69. The number of aromatic hydroxyl groups is 1. The zero-order valence-electron chi connectivity index (χ0n) is 12.5. The minimum atomic E-state index is -0.214. The number of aromatic nitrogens is 2. The van der Waals surface area contributed by atoms with Crippen LogP contribution in [0.5, 0.6) is 5.88 Å². The summed E-state index contributed by atoms with van der Waals surface area (Å²) >= 11 is 0. The Bertz CT molecular complexity index is 869. The summed E-state index contributed by atoms with van der Waals surface area (Å²) in [6.07, 6.45) is 0. The molecule has 0 radical (unpaired) electrons. The number of para-hydroxylation sites is 2. The number of nitrogens with zero attached hydrogens (tertiary/aromatic N) is 2. The molecule has 1 N–H and O–H groups in total. The van der Waals surface area contributed by atoms with E-state index in [1.807, 2.05) is 67.6 Å². The molecule has 0 aliphatic rings. The second-order valence-electron chi connectivity index (χ2n) is 5.14. The predicted molar refractivity (Wildman–Crippen MR) is 84.7 cm³/mol. The lowest BCUT2D eigenvalue weighted by molar-refractivity contribution is -0.616. The second-order valence-corrected chi connectivity index (χ2v) is 5.14. The third-order valence-corrected chi connectivity index (χ3v) is 3.75. The van der Waals surface area contributed by atoms with E-state index >= 15 is 0 Å². The van der Waals surface area contributed by atoms with Gasteiger partial charge in [0.15, 0.2) is 0 Å². The molecule has 1 heterocycles. The predicted octanol–water partition coefficient (Wildman–Crippen LogP) is 2.44. The van der Waals surface area contributed by atoms with Gasteiger partial charge >= 0.3 is 5.56 Å². The van der Waals surface area contributed by atoms with E-state index in [-0.39, 0.29) is 11.4 Å². The summed E-state index contributed by atoms with van der Waals surface area (Å²) in [7, 11) is 0. The van der Waals surface area contributed by atoms with Crippen molar-refractivity contribution in [1.29, 1.82) is 0 Å². The number of hydrogen-bond acceptors (Lipinski definition) is 2. The van der Waals surface area contributed by atoms with Gasteiger partial charge in [-0.25, -0.2) is 4.79 Å². The van der Waals surface area contributed by atoms with Crippen LogP contribution in [0.25, 0.3) is 11.4 Å². The molecule has 3 rings (SSSR count). The van der Waals surface area contributed by atoms with Gasteiger partial charge in [-0.15, -0.1) is 0 Å². The highest BCUT2D eigenvalue weighted by molar-refractivity contribution is 5.35. The van der Waals surface area contributed by atoms with Gasteiger partial charge in [0, 0.05) is 6.92 Å². The lowest BCUT2D eigenvalue weighted by Gasteiger charge is -2.11. The molecular weight excluding hydrogens is 276 g/mol. The maximum Gasteiger partial charge on any atom is 0.349 e. The van der Waals surface area contributed by atoms with Crippen LogP contribution in [0.15, 0.2) is 65.5 Å². The average Bonchev–Trinajstić information content (AvgIpc) is 2.55. The lowest BCUT2D eigenvalue weighted by Crippen LogP contribution is -2.43. The molecule has 4 heteroatoms. The summed E-state index contributed by atoms with van der Waals surface area (Å²) in [4.78, 5) is 12.6. The first-order valence-electron chi connectivity index (χ1n) is 7.09. The SMILES string of the molecule is Cc1c(O)[n+](-c2ccccc2)c(C)n(-c2ccccc2)c1=O. The molecule has 0 saturated carbocycles. The Morgan fingerprint density at radius 1 is 0.909 bits per heavy atom. The highest BCUT2D eigenvalue weighted by Crippen LogP contribution is 2.14. The Kier molecular flexibility index (Phi) is 3.51. The van der Waals surface area contributed by atoms with Gasteiger partial charge in [-0.2, -0.15) is 9.13 Å². The summed E-state index contributed by atoms with van der Waals surface area (Å²) in [5.74, 6) is 0.617. The molecule has 0 amide bonds. The maximum absolute atomic E-state index is 12.6. The number of hydrogen-bond donors (Lipinski definition) is 1. The van der Waals surface area contributed by atoms with Gasteiger partial charge in [0.1, 0.15) is 16.9 Å². The van der Waals surface area contributed by atoms with Gasteiger partial charge < -0.3 is 5.11 Å². The highest BCUT2D eigenvalue weighted by atomic mass is 16.3. The monoisotopic (exact) mass is 293 g/mol. The molecule has 0 fully saturated rings. The zero-order chi connectivity index (χ0) is 15.7. The van der Waals surface area contributed by atoms with Gasteiger partial charge in [-0.1, -0.05) is 36.4 Å². The normalized spacial score (nSPS) is 10.6. The molecule has 0 saturated heterocycles. The third kappa shape index (κ3) is 2.19. The van der Waals surface area contributed by atoms with E-state index in [0.717, 1.165) is 11.4 Å². The van der Waals surface area contributed by atoms with Crippen molar-refractivity contribution in [2.24, 2.45) is 0 Å². The van der Waals surface area contributed by atoms with Gasteiger partial charge in [0.05, 0.1) is 0 Å². The highest BCUT2D eigenvalue weighted by Gasteiger charge is 2.25. The van der Waals surface area contributed by atoms with Gasteiger partial charge in [-0.05, 0) is 31.2 Å². The first-order chi connectivity index (χ1) is 10.6. The van der Waals surface area contributed by atoms with Crippen molar-refractivity contribution in [3.63, 3.8) is 0 Å². The van der Waals surface area contributed by atoms with E-state index in [0.29, 0.717) is 11.4 Å². The average molecular weight is 293 g/mol. The molecular formula is C18H17N2O2+. The van der Waals surface area contributed by atoms with Crippen molar-refractivity contribution in [3.05, 3.63) is 82.4 Å². The molecule has 22 heavy (non-hydrogen) atoms. The van der Waals surface area contributed by atoms with E-state index in [2.05, 4.69) is 0 Å². The van der Waals surface area contributed by atoms with Crippen molar-refractivity contribution < 1.29 is 9.67 Å². The standard InChI is InChI=1S/C18H16N2O2/c1-13-17(21)19(15-9-5-3-6-10-15)14(2)20(18(13)22)16-11-7-4-8-12-16/h3-12H,1-2H3/p+1. The van der Waals surface area contributed by atoms with Crippen LogP contribution in [0.2, 0.25) is 0 Å². The smallest absolute Gasteiger partial charge is 0.349 e. The zero-order valence-corrected chi connectivity index (χ0v) is 12.5. The molecule has 0 aliphatic heterocycles. The Balaban J connectivity index is 2.39. The number of rotatable bonds is 2. The van der Waals surface area contributed by atoms with Crippen molar-refractivity contribution in [1.82, 2.24) is 4.57 Å². The summed E-state index contributed by atoms with van der Waals surface area (Å²) in [6.45, 7) is 3.45. The molecule has 0 aliphatic carbocycles. The quantitative estimate of drug-likeness (QED) is 0.738. The largest absolute Gasteiger partial charge is 0.477 e. The van der Waals surface area contributed by atoms with Crippen LogP contribution in [-0.2, 0) is 0 Å². The fourth-order valence-corrected chi connectivity index (χ4v) is 2.60. The minimum absolute atomic E-state index is 0.0270. The van der Waals surface area contributed by atoms with Crippen molar-refractivity contribution >= 4 is 0 Å². The van der Waals surface area contributed by atoms with Crippen LogP contribution >= 0.6 is 0 Å². The van der Waals surface area contributed by atoms with Crippen LogP contribution in [0.1, 0.15) is 11.4 Å². The summed E-state index contributed by atoms with van der Waals surface area (Å²) < 4.78 is 3.30. The van der Waals surface area contributed by atoms with Gasteiger partial charge in [0.2, 0.25) is 0 Å². The Hall–Kier alpha value is -2.88. The molecule has 2 aromatic carbocycles. The Morgan fingerprint density at radius 2 is 1.45 bits per heavy atom. The Labute approximate surface area is 128 Å². The van der Waals surface area contributed by atoms with Crippen LogP contribution in [0, 0.1) is 13.8 Å². The third-order valence-electron chi connectivity index (χ3n) is 3.75. The minimum Gasteiger partial charge on any atom is -0.477 e. The van der Waals surface area contributed by atoms with Crippen LogP contribution < -0.4 is 10.1 Å². The van der Waals surface area contributed by atoms with E-state index in [1.54, 1.807) is 16.1 Å². The first-order valence-corrected chi connectivity index (χ1v) is 7.09. The molecule has 110 valence electrons. The van der Waals surface area contributed by atoms with Crippen molar-refractivity contribution in [2.45, 2.75) is 13.8 Å². The molecule has 0 bridgehead atoms. The second kappa shape index (κ2) is 5.48. The molecule has 4 nitrogen and oxygen atoms in total. The van der Waals surface area contributed by atoms with Crippen LogP contribution in [0.4, 0.5) is 0 Å². The summed E-state index contributed by atoms with van der Waals surface area (Å²) in [6, 6.07) is 18.9. The topological polar surface area (TPSA) is 46.1 Å². The Morgan fingerprint density at radius 3 is 2.05 bits per heavy atom. The van der Waals surface area contributed by atoms with E-state index in [1.165, 1.54) is 0 Å². The van der Waals surface area contributed by atoms with Crippen molar-refractivity contribution in [2.75, 3.05) is 0 Å². The molecule has 0 spiro atoms. The van der Waals surface area contributed by atoms with E-state index < -0.39 is 0 Å². The fraction of sp³-hybridized carbons (Fsp3) is 0.111. The van der Waals surface area contributed by atoms with E-state index in [9.17, 15) is 9.90 Å². The number of benzene rings is 2. The summed E-state index contributed by atoms with van der Waals surface area (Å²) in [5, 5.41) is 10.4. The van der Waals surface area contributed by atoms with Crippen LogP contribution in [-0.4, -0.2) is 9.67 Å². The molecule has 0 atom stereocenters. The van der Waals surface area contributed by atoms with Gasteiger partial charge in [-0.3, -0.25) is 0 Å². The molecule has 0 unspecified atom stereocenters. The van der Waals surface area contributed by atoms with Crippen LogP contribution in [0.3, 0.4) is 0 Å². The maximum atomic E-state index is 12.6. The molecule has 3 aromatic rings. The lowest BCUT2D eigenvalue weighted by atomic mass is 10.2.